The molecule has 0 radical (unpaired) electrons. The van der Waals surface area contributed by atoms with Crippen LogP contribution in [0.1, 0.15) is 17.4 Å². The van der Waals surface area contributed by atoms with Crippen molar-refractivity contribution in [2.45, 2.75) is 13.0 Å². The fourth-order valence-corrected chi connectivity index (χ4v) is 2.78. The maximum atomic E-state index is 12.3. The summed E-state index contributed by atoms with van der Waals surface area (Å²) in [5, 5.41) is 7.05. The summed E-state index contributed by atoms with van der Waals surface area (Å²) < 4.78 is 6.64. The number of hydrogen-bond donors (Lipinski definition) is 1. The fraction of sp³-hybridized carbons (Fsp3) is 0.389. The van der Waals surface area contributed by atoms with Crippen LogP contribution >= 0.6 is 0 Å². The lowest BCUT2D eigenvalue weighted by Crippen LogP contribution is -2.46. The minimum atomic E-state index is -0.286. The lowest BCUT2D eigenvalue weighted by atomic mass is 10.2. The second-order valence-electron chi connectivity index (χ2n) is 6.02. The standard InChI is InChI=1S/C18H22N4O3/c1-14-13-25-12-11-21(14)10-9-19-18(24)16-7-8-17(23)22(20-16)15-5-3-2-4-6-15/h2-8,14H,9-13H2,1H3,(H,19,24)/t14-/m1/s1. The van der Waals surface area contributed by atoms with Crippen molar-refractivity contribution in [3.63, 3.8) is 0 Å². The Balaban J connectivity index is 1.63. The molecule has 2 heterocycles. The Labute approximate surface area is 146 Å². The number of carbonyl (C=O) groups excluding carboxylic acids is 1. The first-order chi connectivity index (χ1) is 12.1. The van der Waals surface area contributed by atoms with E-state index in [0.717, 1.165) is 26.3 Å². The molecule has 1 amide bonds. The van der Waals surface area contributed by atoms with Crippen molar-refractivity contribution in [1.29, 1.82) is 0 Å². The van der Waals surface area contributed by atoms with Gasteiger partial charge in [-0.2, -0.15) is 9.78 Å². The van der Waals surface area contributed by atoms with E-state index in [2.05, 4.69) is 22.2 Å². The van der Waals surface area contributed by atoms with Gasteiger partial charge in [0.05, 0.1) is 18.9 Å². The summed E-state index contributed by atoms with van der Waals surface area (Å²) >= 11 is 0. The number of aromatic nitrogens is 2. The average molecular weight is 342 g/mol. The number of rotatable bonds is 5. The van der Waals surface area contributed by atoms with Gasteiger partial charge in [-0.15, -0.1) is 0 Å². The Morgan fingerprint density at radius 2 is 2.08 bits per heavy atom. The van der Waals surface area contributed by atoms with Gasteiger partial charge in [0, 0.05) is 31.7 Å². The molecule has 0 saturated carbocycles. The van der Waals surface area contributed by atoms with Crippen LogP contribution in [0.15, 0.2) is 47.3 Å². The van der Waals surface area contributed by atoms with Crippen molar-refractivity contribution in [2.75, 3.05) is 32.8 Å². The van der Waals surface area contributed by atoms with Gasteiger partial charge in [-0.1, -0.05) is 18.2 Å². The summed E-state index contributed by atoms with van der Waals surface area (Å²) in [5.74, 6) is -0.286. The third kappa shape index (κ3) is 4.32. The Bertz CT molecular complexity index is 775. The molecule has 25 heavy (non-hydrogen) atoms. The molecule has 1 atom stereocenters. The molecule has 3 rings (SSSR count). The Morgan fingerprint density at radius 1 is 1.28 bits per heavy atom. The molecule has 0 unspecified atom stereocenters. The highest BCUT2D eigenvalue weighted by Gasteiger charge is 2.18. The zero-order valence-corrected chi connectivity index (χ0v) is 14.2. The van der Waals surface area contributed by atoms with Gasteiger partial charge in [-0.25, -0.2) is 0 Å². The normalized spacial score (nSPS) is 18.0. The third-order valence-electron chi connectivity index (χ3n) is 4.22. The molecule has 0 aliphatic carbocycles. The molecule has 0 bridgehead atoms. The lowest BCUT2D eigenvalue weighted by molar-refractivity contribution is 0.000533. The number of amides is 1. The molecule has 0 spiro atoms. The second kappa shape index (κ2) is 8.04. The highest BCUT2D eigenvalue weighted by Crippen LogP contribution is 2.05. The van der Waals surface area contributed by atoms with Crippen LogP contribution in [0.2, 0.25) is 0 Å². The van der Waals surface area contributed by atoms with Crippen LogP contribution in [-0.2, 0) is 4.74 Å². The van der Waals surface area contributed by atoms with Gasteiger partial charge in [0.15, 0.2) is 0 Å². The predicted molar refractivity (Wildman–Crippen MR) is 94.0 cm³/mol. The smallest absolute Gasteiger partial charge is 0.271 e. The minimum absolute atomic E-state index is 0.221. The molecule has 1 aliphatic rings. The first-order valence-corrected chi connectivity index (χ1v) is 8.41. The van der Waals surface area contributed by atoms with Crippen LogP contribution < -0.4 is 10.9 Å². The lowest BCUT2D eigenvalue weighted by Gasteiger charge is -2.33. The number of nitrogens with one attached hydrogen (secondary N) is 1. The second-order valence-corrected chi connectivity index (χ2v) is 6.02. The van der Waals surface area contributed by atoms with E-state index in [4.69, 9.17) is 4.74 Å². The van der Waals surface area contributed by atoms with Gasteiger partial charge < -0.3 is 10.1 Å². The van der Waals surface area contributed by atoms with E-state index in [-0.39, 0.29) is 17.2 Å². The molecule has 1 N–H and O–H groups in total. The maximum absolute atomic E-state index is 12.3. The minimum Gasteiger partial charge on any atom is -0.379 e. The maximum Gasteiger partial charge on any atom is 0.271 e. The molecule has 132 valence electrons. The predicted octanol–water partition coefficient (Wildman–Crippen LogP) is 0.683. The molecule has 7 nitrogen and oxygen atoms in total. The third-order valence-corrected chi connectivity index (χ3v) is 4.22. The van der Waals surface area contributed by atoms with Crippen LogP contribution in [0, 0.1) is 0 Å². The summed E-state index contributed by atoms with van der Waals surface area (Å²) in [4.78, 5) is 26.6. The molecule has 1 aromatic carbocycles. The Morgan fingerprint density at radius 3 is 2.84 bits per heavy atom. The number of benzene rings is 1. The molecular formula is C18H22N4O3. The van der Waals surface area contributed by atoms with Crippen LogP contribution in [0.5, 0.6) is 0 Å². The molecular weight excluding hydrogens is 320 g/mol. The van der Waals surface area contributed by atoms with E-state index in [9.17, 15) is 9.59 Å². The summed E-state index contributed by atoms with van der Waals surface area (Å²) in [7, 11) is 0. The molecule has 1 fully saturated rings. The van der Waals surface area contributed by atoms with Crippen molar-refractivity contribution in [2.24, 2.45) is 0 Å². The zero-order valence-electron chi connectivity index (χ0n) is 14.2. The quantitative estimate of drug-likeness (QED) is 0.865. The fourth-order valence-electron chi connectivity index (χ4n) is 2.78. The number of carbonyl (C=O) groups is 1. The van der Waals surface area contributed by atoms with E-state index in [0.29, 0.717) is 18.3 Å². The summed E-state index contributed by atoms with van der Waals surface area (Å²) in [6, 6.07) is 12.2. The van der Waals surface area contributed by atoms with E-state index in [1.54, 1.807) is 12.1 Å². The van der Waals surface area contributed by atoms with Crippen LogP contribution in [0.25, 0.3) is 5.69 Å². The van der Waals surface area contributed by atoms with Gasteiger partial charge in [0.25, 0.3) is 11.5 Å². The van der Waals surface area contributed by atoms with Gasteiger partial charge >= 0.3 is 0 Å². The zero-order chi connectivity index (χ0) is 17.6. The number of hydrogen-bond acceptors (Lipinski definition) is 5. The van der Waals surface area contributed by atoms with Crippen molar-refractivity contribution in [1.82, 2.24) is 20.0 Å². The number of para-hydroxylation sites is 1. The van der Waals surface area contributed by atoms with E-state index >= 15 is 0 Å². The Hall–Kier alpha value is -2.51. The van der Waals surface area contributed by atoms with Crippen LogP contribution in [0.4, 0.5) is 0 Å². The van der Waals surface area contributed by atoms with Gasteiger partial charge in [-0.05, 0) is 25.1 Å². The molecule has 1 aromatic heterocycles. The SMILES string of the molecule is C[C@@H]1COCCN1CCNC(=O)c1ccc(=O)n(-c2ccccc2)n1. The highest BCUT2D eigenvalue weighted by atomic mass is 16.5. The largest absolute Gasteiger partial charge is 0.379 e. The number of nitrogens with zero attached hydrogens (tertiary/aromatic N) is 3. The highest BCUT2D eigenvalue weighted by molar-refractivity contribution is 5.92. The molecule has 1 aliphatic heterocycles. The number of ether oxygens (including phenoxy) is 1. The van der Waals surface area contributed by atoms with Crippen molar-refractivity contribution in [3.8, 4) is 5.69 Å². The van der Waals surface area contributed by atoms with Crippen molar-refractivity contribution >= 4 is 5.91 Å². The topological polar surface area (TPSA) is 76.5 Å². The summed E-state index contributed by atoms with van der Waals surface area (Å²) in [5.41, 5.74) is 0.577. The van der Waals surface area contributed by atoms with Crippen LogP contribution in [0.3, 0.4) is 0 Å². The van der Waals surface area contributed by atoms with Crippen LogP contribution in [-0.4, -0.2) is 59.5 Å². The van der Waals surface area contributed by atoms with E-state index in [1.807, 2.05) is 18.2 Å². The molecule has 7 heteroatoms. The van der Waals surface area contributed by atoms with E-state index < -0.39 is 0 Å². The van der Waals surface area contributed by atoms with Gasteiger partial charge in [-0.3, -0.25) is 14.5 Å². The Kier molecular flexibility index (Phi) is 5.57. The summed E-state index contributed by atoms with van der Waals surface area (Å²) in [6.45, 7) is 5.70. The monoisotopic (exact) mass is 342 g/mol. The first kappa shape index (κ1) is 17.3. The van der Waals surface area contributed by atoms with Crippen molar-refractivity contribution < 1.29 is 9.53 Å². The number of morpholine rings is 1. The van der Waals surface area contributed by atoms with Gasteiger partial charge in [0.1, 0.15) is 5.69 Å². The van der Waals surface area contributed by atoms with Crippen molar-refractivity contribution in [3.05, 3.63) is 58.5 Å². The average Bonchev–Trinajstić information content (AvgIpc) is 2.64. The van der Waals surface area contributed by atoms with E-state index in [1.165, 1.54) is 16.8 Å². The molecule has 2 aromatic rings. The van der Waals surface area contributed by atoms with Gasteiger partial charge in [0.2, 0.25) is 0 Å². The summed E-state index contributed by atoms with van der Waals surface area (Å²) in [6.07, 6.45) is 0. The molecule has 1 saturated heterocycles. The first-order valence-electron chi connectivity index (χ1n) is 8.41.